The Morgan fingerprint density at radius 2 is 1.13 bits per heavy atom. The number of fused-ring (bicyclic) bond motifs is 1. The number of nitro groups is 1. The number of imide groups is 1. The third-order valence-electron chi connectivity index (χ3n) is 9.92. The molecule has 10 nitrogen and oxygen atoms in total. The molecule has 0 saturated carbocycles. The van der Waals surface area contributed by atoms with Crippen molar-refractivity contribution in [3.63, 3.8) is 0 Å². The molecule has 0 aliphatic carbocycles. The van der Waals surface area contributed by atoms with E-state index in [-0.39, 0.29) is 36.6 Å². The van der Waals surface area contributed by atoms with Gasteiger partial charge in [-0.3, -0.25) is 24.6 Å². The fraction of sp³-hybridized carbons (Fsp3) is 0.378. The molecule has 4 aromatic rings. The van der Waals surface area contributed by atoms with Crippen LogP contribution >= 0.6 is 0 Å². The van der Waals surface area contributed by atoms with Crippen LogP contribution in [0.25, 0.3) is 0 Å². The SMILES string of the molecule is O=C1c2ccccc2C(=O)N1CCCCCCCCC#C[C@H]1O[C@H](COCc2ccccc2)[C@H](OCc2ccccc2)[C@H](OCc2ccccc2)[C@H]1[N+](=O)[O-]. The number of unbranched alkanes of at least 4 members (excludes halogenated alkanes) is 6. The zero-order valence-corrected chi connectivity index (χ0v) is 31.0. The van der Waals surface area contributed by atoms with Crippen LogP contribution in [-0.2, 0) is 38.8 Å². The molecule has 2 aliphatic rings. The van der Waals surface area contributed by atoms with Crippen LogP contribution in [0.1, 0.15) is 82.4 Å². The summed E-state index contributed by atoms with van der Waals surface area (Å²) in [4.78, 5) is 39.0. The molecule has 0 N–H and O–H groups in total. The number of carbonyl (C=O) groups excluding carboxylic acids is 2. The molecule has 0 unspecified atom stereocenters. The Morgan fingerprint density at radius 1 is 0.636 bits per heavy atom. The second-order valence-electron chi connectivity index (χ2n) is 13.9. The maximum Gasteiger partial charge on any atom is 0.278 e. The highest BCUT2D eigenvalue weighted by Crippen LogP contribution is 2.30. The third-order valence-corrected chi connectivity index (χ3v) is 9.92. The van der Waals surface area contributed by atoms with Crippen molar-refractivity contribution in [2.45, 2.75) is 95.2 Å². The molecule has 1 saturated heterocycles. The van der Waals surface area contributed by atoms with Crippen molar-refractivity contribution in [1.29, 1.82) is 0 Å². The first-order valence-corrected chi connectivity index (χ1v) is 19.1. The molecule has 2 amide bonds. The Labute approximate surface area is 322 Å². The van der Waals surface area contributed by atoms with Crippen LogP contribution in [0.5, 0.6) is 0 Å². The number of amides is 2. The first kappa shape index (κ1) is 39.5. The van der Waals surface area contributed by atoms with Gasteiger partial charge in [-0.05, 0) is 41.7 Å². The van der Waals surface area contributed by atoms with Crippen LogP contribution in [0.4, 0.5) is 0 Å². The van der Waals surface area contributed by atoms with Gasteiger partial charge in [0.05, 0.1) is 37.6 Å². The fourth-order valence-corrected chi connectivity index (χ4v) is 7.01. The Kier molecular flexibility index (Phi) is 14.7. The van der Waals surface area contributed by atoms with Crippen LogP contribution in [0.2, 0.25) is 0 Å². The number of hydrogen-bond donors (Lipinski definition) is 0. The predicted octanol–water partition coefficient (Wildman–Crippen LogP) is 7.82. The lowest BCUT2D eigenvalue weighted by Crippen LogP contribution is -2.62. The molecule has 0 aromatic heterocycles. The highest BCUT2D eigenvalue weighted by Gasteiger charge is 2.53. The summed E-state index contributed by atoms with van der Waals surface area (Å²) >= 11 is 0. The van der Waals surface area contributed by atoms with E-state index >= 15 is 0 Å². The van der Waals surface area contributed by atoms with Crippen molar-refractivity contribution < 1.29 is 33.5 Å². The van der Waals surface area contributed by atoms with Crippen molar-refractivity contribution in [3.8, 4) is 11.8 Å². The van der Waals surface area contributed by atoms with Gasteiger partial charge in [0.25, 0.3) is 17.9 Å². The van der Waals surface area contributed by atoms with Gasteiger partial charge in [0.2, 0.25) is 0 Å². The number of carbonyl (C=O) groups is 2. The largest absolute Gasteiger partial charge is 0.374 e. The van der Waals surface area contributed by atoms with E-state index in [4.69, 9.17) is 18.9 Å². The number of ether oxygens (including phenoxy) is 4. The average Bonchev–Trinajstić information content (AvgIpc) is 3.46. The maximum atomic E-state index is 12.8. The van der Waals surface area contributed by atoms with E-state index in [2.05, 4.69) is 11.8 Å². The van der Waals surface area contributed by atoms with Gasteiger partial charge in [0.15, 0.2) is 12.2 Å². The minimum atomic E-state index is -1.29. The fourth-order valence-electron chi connectivity index (χ4n) is 7.01. The molecule has 10 heteroatoms. The van der Waals surface area contributed by atoms with E-state index in [1.54, 1.807) is 24.3 Å². The molecular formula is C45H48N2O8. The highest BCUT2D eigenvalue weighted by atomic mass is 16.7. The first-order chi connectivity index (χ1) is 27.0. The Morgan fingerprint density at radius 3 is 1.69 bits per heavy atom. The molecule has 55 heavy (non-hydrogen) atoms. The minimum Gasteiger partial charge on any atom is -0.374 e. The quantitative estimate of drug-likeness (QED) is 0.0314. The maximum absolute atomic E-state index is 12.8. The molecule has 5 atom stereocenters. The second-order valence-corrected chi connectivity index (χ2v) is 13.9. The minimum absolute atomic E-state index is 0.134. The Hall–Kier alpha value is -5.18. The van der Waals surface area contributed by atoms with E-state index in [1.165, 1.54) is 4.90 Å². The van der Waals surface area contributed by atoms with Crippen molar-refractivity contribution >= 4 is 11.8 Å². The molecule has 1 fully saturated rings. The highest BCUT2D eigenvalue weighted by molar-refractivity contribution is 6.21. The summed E-state index contributed by atoms with van der Waals surface area (Å²) in [5.41, 5.74) is 3.78. The first-order valence-electron chi connectivity index (χ1n) is 19.1. The molecule has 4 aromatic carbocycles. The third kappa shape index (κ3) is 11.0. The summed E-state index contributed by atoms with van der Waals surface area (Å²) in [5, 5.41) is 12.8. The van der Waals surface area contributed by atoms with Gasteiger partial charge >= 0.3 is 0 Å². The lowest BCUT2D eigenvalue weighted by molar-refractivity contribution is -0.557. The Balaban J connectivity index is 1.06. The number of hydrogen-bond acceptors (Lipinski definition) is 8. The zero-order valence-electron chi connectivity index (χ0n) is 31.0. The zero-order chi connectivity index (χ0) is 38.2. The summed E-state index contributed by atoms with van der Waals surface area (Å²) in [6.45, 7) is 1.29. The van der Waals surface area contributed by atoms with E-state index in [9.17, 15) is 19.7 Å². The summed E-state index contributed by atoms with van der Waals surface area (Å²) in [7, 11) is 0. The monoisotopic (exact) mass is 744 g/mol. The molecule has 0 radical (unpaired) electrons. The molecule has 0 bridgehead atoms. The van der Waals surface area contributed by atoms with Gasteiger partial charge in [-0.25, -0.2) is 0 Å². The molecule has 6 rings (SSSR count). The van der Waals surface area contributed by atoms with Crippen LogP contribution in [-0.4, -0.2) is 65.2 Å². The lowest BCUT2D eigenvalue weighted by Gasteiger charge is -2.41. The van der Waals surface area contributed by atoms with Gasteiger partial charge < -0.3 is 18.9 Å². The predicted molar refractivity (Wildman–Crippen MR) is 207 cm³/mol. The van der Waals surface area contributed by atoms with Gasteiger partial charge in [-0.2, -0.15) is 0 Å². The van der Waals surface area contributed by atoms with Crippen LogP contribution in [0, 0.1) is 22.0 Å². The standard InChI is InChI=1S/C45H48N2O8/c48-44-37-26-17-18-27-38(37)45(49)46(44)29-19-6-4-2-1-3-5-16-28-39-41(47(50)51)43(54-32-36-24-14-9-15-25-36)42(53-31-35-22-12-8-13-23-35)40(55-39)33-52-30-34-20-10-7-11-21-34/h7-15,17-18,20-27,39-43H,1-6,19,29-33H2/t39-,40-,41+,42+,43-/m1/s1. The van der Waals surface area contributed by atoms with E-state index in [0.717, 1.165) is 55.2 Å². The van der Waals surface area contributed by atoms with E-state index in [0.29, 0.717) is 30.7 Å². The lowest BCUT2D eigenvalue weighted by atomic mass is 9.92. The van der Waals surface area contributed by atoms with Crippen LogP contribution in [0.15, 0.2) is 115 Å². The summed E-state index contributed by atoms with van der Waals surface area (Å²) in [6.07, 6.45) is 2.50. The summed E-state index contributed by atoms with van der Waals surface area (Å²) < 4.78 is 25.4. The number of benzene rings is 4. The number of rotatable bonds is 19. The van der Waals surface area contributed by atoms with Crippen molar-refractivity contribution in [1.82, 2.24) is 4.90 Å². The molecule has 2 aliphatic heterocycles. The molecule has 2 heterocycles. The smallest absolute Gasteiger partial charge is 0.278 e. The average molecular weight is 745 g/mol. The van der Waals surface area contributed by atoms with Crippen LogP contribution < -0.4 is 0 Å². The Bertz CT molecular complexity index is 1860. The van der Waals surface area contributed by atoms with Gasteiger partial charge in [0.1, 0.15) is 12.2 Å². The molecular weight excluding hydrogens is 697 g/mol. The number of nitrogens with zero attached hydrogens (tertiary/aromatic N) is 2. The van der Waals surface area contributed by atoms with Gasteiger partial charge in [0, 0.05) is 17.9 Å². The van der Waals surface area contributed by atoms with Gasteiger partial charge in [-0.1, -0.05) is 135 Å². The van der Waals surface area contributed by atoms with E-state index in [1.807, 2.05) is 91.0 Å². The van der Waals surface area contributed by atoms with Crippen molar-refractivity contribution in [2.24, 2.45) is 0 Å². The van der Waals surface area contributed by atoms with Crippen molar-refractivity contribution in [3.05, 3.63) is 153 Å². The summed E-state index contributed by atoms with van der Waals surface area (Å²) in [5.74, 6) is 5.84. The topological polar surface area (TPSA) is 117 Å². The summed E-state index contributed by atoms with van der Waals surface area (Å²) in [6, 6.07) is 34.7. The van der Waals surface area contributed by atoms with Gasteiger partial charge in [-0.15, -0.1) is 5.92 Å². The molecule has 0 spiro atoms. The second kappa shape index (κ2) is 20.5. The van der Waals surface area contributed by atoms with E-state index < -0.39 is 30.5 Å². The van der Waals surface area contributed by atoms with Crippen molar-refractivity contribution in [2.75, 3.05) is 13.2 Å². The normalized spacial score (nSPS) is 20.5. The molecule has 286 valence electrons. The van der Waals surface area contributed by atoms with Crippen LogP contribution in [0.3, 0.4) is 0 Å².